The number of fused-ring (bicyclic) bond motifs is 1. The molecule has 0 fully saturated rings. The van der Waals surface area contributed by atoms with Crippen LogP contribution in [0.4, 0.5) is 5.69 Å². The summed E-state index contributed by atoms with van der Waals surface area (Å²) in [5.41, 5.74) is 2.27. The summed E-state index contributed by atoms with van der Waals surface area (Å²) in [6, 6.07) is 7.93. The molecular formula is C19H15N3O3S. The predicted molar refractivity (Wildman–Crippen MR) is 103 cm³/mol. The molecule has 0 bridgehead atoms. The Labute approximate surface area is 153 Å². The molecule has 0 spiro atoms. The van der Waals surface area contributed by atoms with Gasteiger partial charge in [0.15, 0.2) is 0 Å². The number of aromatic nitrogens is 1. The minimum Gasteiger partial charge on any atom is -0.486 e. The van der Waals surface area contributed by atoms with Crippen LogP contribution in [0.3, 0.4) is 0 Å². The molecule has 1 aromatic heterocycles. The van der Waals surface area contributed by atoms with Crippen LogP contribution in [0.1, 0.15) is 5.56 Å². The summed E-state index contributed by atoms with van der Waals surface area (Å²) >= 11 is 1.00. The third-order valence-electron chi connectivity index (χ3n) is 4.03. The van der Waals surface area contributed by atoms with Gasteiger partial charge in [-0.05, 0) is 23.8 Å². The maximum absolute atomic E-state index is 12.4. The van der Waals surface area contributed by atoms with Crippen LogP contribution < -0.4 is 19.7 Å². The first-order valence-corrected chi connectivity index (χ1v) is 8.49. The van der Waals surface area contributed by atoms with Gasteiger partial charge >= 0.3 is 11.7 Å². The molecule has 0 atom stereocenters. The molecule has 0 amide bonds. The number of anilines is 1. The van der Waals surface area contributed by atoms with Gasteiger partial charge in [0, 0.05) is 31.5 Å². The Bertz CT molecular complexity index is 1180. The number of allylic oxidation sites excluding steroid dienone is 3. The van der Waals surface area contributed by atoms with Crippen LogP contribution in [-0.4, -0.2) is 22.7 Å². The number of para-hydroxylation sites is 1. The van der Waals surface area contributed by atoms with Crippen LogP contribution in [0, 0.1) is 6.57 Å². The fraction of sp³-hybridized carbons (Fsp3) is 0.105. The Morgan fingerprint density at radius 2 is 2.00 bits per heavy atom. The standard InChI is InChI=1S/C19H15N3O3S/c1-20-16(19(24)25)18-22(3)17(23)15(26-18)9-8-12-10-11-21(2)14-7-5-4-6-13(12)14/h4-11H,2-3H3,(H,24,25). The van der Waals surface area contributed by atoms with Crippen LogP contribution >= 0.6 is 11.3 Å². The average molecular weight is 365 g/mol. The number of carboxylic acids is 1. The van der Waals surface area contributed by atoms with Crippen LogP contribution in [0.25, 0.3) is 22.2 Å². The highest BCUT2D eigenvalue weighted by molar-refractivity contribution is 7.07. The second kappa shape index (κ2) is 6.86. The van der Waals surface area contributed by atoms with Crippen molar-refractivity contribution in [2.24, 2.45) is 7.05 Å². The molecule has 3 rings (SSSR count). The van der Waals surface area contributed by atoms with Crippen molar-refractivity contribution in [3.63, 3.8) is 0 Å². The quantitative estimate of drug-likeness (QED) is 0.817. The van der Waals surface area contributed by atoms with Gasteiger partial charge in [-0.2, -0.15) is 0 Å². The van der Waals surface area contributed by atoms with E-state index in [2.05, 4.69) is 4.85 Å². The molecule has 1 N–H and O–H groups in total. The van der Waals surface area contributed by atoms with E-state index in [0.717, 1.165) is 28.2 Å². The topological polar surface area (TPSA) is 66.9 Å². The van der Waals surface area contributed by atoms with E-state index >= 15 is 0 Å². The van der Waals surface area contributed by atoms with E-state index in [1.54, 1.807) is 6.08 Å². The molecule has 7 heteroatoms. The highest BCUT2D eigenvalue weighted by Crippen LogP contribution is 2.31. The molecule has 1 aromatic carbocycles. The van der Waals surface area contributed by atoms with Crippen molar-refractivity contribution in [1.29, 1.82) is 0 Å². The molecule has 130 valence electrons. The second-order valence-corrected chi connectivity index (χ2v) is 6.66. The summed E-state index contributed by atoms with van der Waals surface area (Å²) in [4.78, 5) is 28.6. The highest BCUT2D eigenvalue weighted by atomic mass is 32.1. The Balaban J connectivity index is 2.19. The number of carboxylic acid groups (broad SMARTS) is 1. The van der Waals surface area contributed by atoms with Crippen molar-refractivity contribution in [1.82, 2.24) is 4.57 Å². The smallest absolute Gasteiger partial charge is 0.336 e. The van der Waals surface area contributed by atoms with Crippen molar-refractivity contribution in [2.75, 3.05) is 11.9 Å². The zero-order valence-corrected chi connectivity index (χ0v) is 14.9. The van der Waals surface area contributed by atoms with Crippen molar-refractivity contribution in [2.45, 2.75) is 0 Å². The zero-order valence-electron chi connectivity index (χ0n) is 14.1. The highest BCUT2D eigenvalue weighted by Gasteiger charge is 2.14. The minimum absolute atomic E-state index is 0.140. The van der Waals surface area contributed by atoms with E-state index in [4.69, 9.17) is 11.7 Å². The summed E-state index contributed by atoms with van der Waals surface area (Å²) in [7, 11) is 3.43. The number of hydrogen-bond acceptors (Lipinski definition) is 4. The maximum atomic E-state index is 12.4. The molecule has 0 unspecified atom stereocenters. The molecule has 1 aliphatic rings. The average Bonchev–Trinajstić information content (AvgIpc) is 2.90. The van der Waals surface area contributed by atoms with Gasteiger partial charge in [0.2, 0.25) is 0 Å². The minimum atomic E-state index is -1.34. The third kappa shape index (κ3) is 2.98. The monoisotopic (exact) mass is 365 g/mol. The molecule has 1 aliphatic heterocycles. The van der Waals surface area contributed by atoms with Gasteiger partial charge in [-0.25, -0.2) is 4.85 Å². The molecule has 0 radical (unpaired) electrons. The molecule has 0 saturated heterocycles. The lowest BCUT2D eigenvalue weighted by Gasteiger charge is -2.23. The predicted octanol–water partition coefficient (Wildman–Crippen LogP) is 1.39. The SMILES string of the molecule is [C-]#[N+]C(C(=O)O)=c1sc(=CC=C2C=CN(C)c3ccccc32)c(=O)n1C. The molecule has 26 heavy (non-hydrogen) atoms. The molecule has 6 nitrogen and oxygen atoms in total. The van der Waals surface area contributed by atoms with E-state index < -0.39 is 11.7 Å². The molecular weight excluding hydrogens is 350 g/mol. The number of nitrogens with zero attached hydrogens (tertiary/aromatic N) is 3. The van der Waals surface area contributed by atoms with Crippen molar-refractivity contribution < 1.29 is 9.90 Å². The Kier molecular flexibility index (Phi) is 4.61. The van der Waals surface area contributed by atoms with Crippen molar-refractivity contribution >= 4 is 40.3 Å². The second-order valence-electron chi connectivity index (χ2n) is 5.63. The Morgan fingerprint density at radius 3 is 2.69 bits per heavy atom. The number of benzene rings is 1. The van der Waals surface area contributed by atoms with Gasteiger partial charge in [-0.15, -0.1) is 11.3 Å². The van der Waals surface area contributed by atoms with Crippen LogP contribution in [0.5, 0.6) is 0 Å². The van der Waals surface area contributed by atoms with E-state index in [9.17, 15) is 9.59 Å². The summed E-state index contributed by atoms with van der Waals surface area (Å²) in [5, 5.41) is 9.12. The number of thiazole rings is 1. The largest absolute Gasteiger partial charge is 0.486 e. The molecule has 0 saturated carbocycles. The lowest BCUT2D eigenvalue weighted by atomic mass is 10.00. The van der Waals surface area contributed by atoms with Gasteiger partial charge < -0.3 is 14.6 Å². The molecule has 2 aromatic rings. The number of aliphatic carboxylic acids is 1. The fourth-order valence-electron chi connectivity index (χ4n) is 2.67. The maximum Gasteiger partial charge on any atom is 0.336 e. The lowest BCUT2D eigenvalue weighted by Crippen LogP contribution is -2.29. The van der Waals surface area contributed by atoms with Crippen LogP contribution in [-0.2, 0) is 11.8 Å². The molecule has 2 heterocycles. The van der Waals surface area contributed by atoms with Gasteiger partial charge in [0.05, 0.1) is 11.1 Å². The summed E-state index contributed by atoms with van der Waals surface area (Å²) < 4.78 is 1.72. The van der Waals surface area contributed by atoms with Gasteiger partial charge in [0.1, 0.15) is 4.66 Å². The zero-order chi connectivity index (χ0) is 18.8. The summed E-state index contributed by atoms with van der Waals surface area (Å²) in [6.45, 7) is 7.03. The van der Waals surface area contributed by atoms with E-state index in [0.29, 0.717) is 4.53 Å². The van der Waals surface area contributed by atoms with Gasteiger partial charge in [-0.3, -0.25) is 9.59 Å². The fourth-order valence-corrected chi connectivity index (χ4v) is 3.69. The lowest BCUT2D eigenvalue weighted by molar-refractivity contribution is -0.130. The van der Waals surface area contributed by atoms with Crippen LogP contribution in [0.2, 0.25) is 0 Å². The van der Waals surface area contributed by atoms with Gasteiger partial charge in [-0.1, -0.05) is 24.3 Å². The number of carbonyl (C=O) groups is 1. The number of hydrogen-bond donors (Lipinski definition) is 1. The van der Waals surface area contributed by atoms with Crippen LogP contribution in [0.15, 0.2) is 47.4 Å². The normalized spacial score (nSPS) is 16.4. The third-order valence-corrected chi connectivity index (χ3v) is 5.22. The summed E-state index contributed by atoms with van der Waals surface area (Å²) in [5.74, 6) is -1.34. The van der Waals surface area contributed by atoms with Crippen molar-refractivity contribution in [3.05, 3.63) is 79.1 Å². The Hall–Kier alpha value is -3.37. The first-order valence-electron chi connectivity index (χ1n) is 7.67. The summed E-state index contributed by atoms with van der Waals surface area (Å²) in [6.07, 6.45) is 7.39. The first-order chi connectivity index (χ1) is 12.4. The van der Waals surface area contributed by atoms with E-state index in [1.165, 1.54) is 11.6 Å². The van der Waals surface area contributed by atoms with Crippen molar-refractivity contribution in [3.8, 4) is 0 Å². The first kappa shape index (κ1) is 17.5. The molecule has 0 aliphatic carbocycles. The Morgan fingerprint density at radius 1 is 1.27 bits per heavy atom. The van der Waals surface area contributed by atoms with E-state index in [1.807, 2.05) is 54.6 Å². The number of rotatable bonds is 2. The van der Waals surface area contributed by atoms with E-state index in [-0.39, 0.29) is 10.2 Å². The van der Waals surface area contributed by atoms with Gasteiger partial charge in [0.25, 0.3) is 5.56 Å².